The topological polar surface area (TPSA) is 85.1 Å². The van der Waals surface area contributed by atoms with Crippen molar-refractivity contribution in [2.24, 2.45) is 5.10 Å². The molecule has 160 valence electrons. The van der Waals surface area contributed by atoms with E-state index in [4.69, 9.17) is 11.6 Å². The number of rotatable bonds is 7. The van der Waals surface area contributed by atoms with E-state index in [1.165, 1.54) is 30.1 Å². The molecule has 0 bridgehead atoms. The fourth-order valence-corrected chi connectivity index (χ4v) is 3.63. The number of hydrogen-bond donors (Lipinski definition) is 1. The molecule has 0 aliphatic heterocycles. The van der Waals surface area contributed by atoms with Crippen LogP contribution in [0.5, 0.6) is 0 Å². The number of benzene rings is 2. The van der Waals surface area contributed by atoms with E-state index in [2.05, 4.69) is 25.7 Å². The number of carbonyl (C=O) groups is 1. The number of nitrogens with zero attached hydrogens (tertiary/aromatic N) is 5. The van der Waals surface area contributed by atoms with Gasteiger partial charge in [-0.15, -0.1) is 10.2 Å². The highest BCUT2D eigenvalue weighted by Gasteiger charge is 2.17. The molecule has 4 rings (SSSR count). The van der Waals surface area contributed by atoms with Gasteiger partial charge in [0.1, 0.15) is 5.82 Å². The molecule has 0 atom stereocenters. The van der Waals surface area contributed by atoms with Crippen molar-refractivity contribution in [3.8, 4) is 17.1 Å². The van der Waals surface area contributed by atoms with Gasteiger partial charge in [0.05, 0.1) is 12.0 Å². The highest BCUT2D eigenvalue weighted by molar-refractivity contribution is 7.99. The number of pyridine rings is 1. The van der Waals surface area contributed by atoms with Crippen LogP contribution in [0.1, 0.15) is 5.56 Å². The smallest absolute Gasteiger partial charge is 0.250 e. The molecule has 4 aromatic rings. The lowest BCUT2D eigenvalue weighted by Crippen LogP contribution is -2.20. The number of nitrogens with one attached hydrogen (secondary N) is 1. The second kappa shape index (κ2) is 10.2. The van der Waals surface area contributed by atoms with Crippen molar-refractivity contribution in [3.05, 3.63) is 89.5 Å². The average molecular weight is 467 g/mol. The minimum absolute atomic E-state index is 0.0722. The molecule has 0 saturated heterocycles. The summed E-state index contributed by atoms with van der Waals surface area (Å²) >= 11 is 7.26. The van der Waals surface area contributed by atoms with Crippen molar-refractivity contribution in [2.75, 3.05) is 5.75 Å². The number of aromatic nitrogens is 4. The van der Waals surface area contributed by atoms with Crippen molar-refractivity contribution in [1.29, 1.82) is 0 Å². The molecule has 1 amide bonds. The Labute approximate surface area is 192 Å². The third-order valence-corrected chi connectivity index (χ3v) is 5.44. The van der Waals surface area contributed by atoms with Crippen LogP contribution in [0.15, 0.2) is 83.3 Å². The van der Waals surface area contributed by atoms with Crippen LogP contribution in [0.2, 0.25) is 5.02 Å². The molecular weight excluding hydrogens is 451 g/mol. The highest BCUT2D eigenvalue weighted by atomic mass is 35.5. The Morgan fingerprint density at radius 3 is 2.50 bits per heavy atom. The van der Waals surface area contributed by atoms with E-state index in [0.29, 0.717) is 21.6 Å². The molecule has 0 radical (unpaired) electrons. The van der Waals surface area contributed by atoms with Gasteiger partial charge in [-0.3, -0.25) is 14.3 Å². The van der Waals surface area contributed by atoms with E-state index in [0.717, 1.165) is 11.3 Å². The fourth-order valence-electron chi connectivity index (χ4n) is 2.76. The summed E-state index contributed by atoms with van der Waals surface area (Å²) in [6, 6.07) is 16.7. The second-order valence-electron chi connectivity index (χ2n) is 6.49. The molecule has 10 heteroatoms. The first-order valence-electron chi connectivity index (χ1n) is 9.42. The summed E-state index contributed by atoms with van der Waals surface area (Å²) in [7, 11) is 0. The van der Waals surface area contributed by atoms with Gasteiger partial charge >= 0.3 is 0 Å². The lowest BCUT2D eigenvalue weighted by molar-refractivity contribution is -0.118. The number of hydrogen-bond acceptors (Lipinski definition) is 6. The monoisotopic (exact) mass is 466 g/mol. The molecule has 0 saturated carbocycles. The number of hydrazone groups is 1. The Balaban J connectivity index is 1.49. The van der Waals surface area contributed by atoms with Crippen molar-refractivity contribution < 1.29 is 9.18 Å². The van der Waals surface area contributed by atoms with Crippen molar-refractivity contribution >= 4 is 35.5 Å². The van der Waals surface area contributed by atoms with Gasteiger partial charge in [0.25, 0.3) is 5.91 Å². The van der Waals surface area contributed by atoms with E-state index < -0.39 is 0 Å². The normalized spacial score (nSPS) is 11.1. The Kier molecular flexibility index (Phi) is 6.88. The van der Waals surface area contributed by atoms with E-state index >= 15 is 0 Å². The van der Waals surface area contributed by atoms with Crippen LogP contribution in [0.3, 0.4) is 0 Å². The number of carbonyl (C=O) groups excluding carboxylic acids is 1. The largest absolute Gasteiger partial charge is 0.272 e. The first-order valence-corrected chi connectivity index (χ1v) is 10.8. The van der Waals surface area contributed by atoms with Gasteiger partial charge in [-0.25, -0.2) is 9.82 Å². The molecule has 0 aliphatic carbocycles. The van der Waals surface area contributed by atoms with Gasteiger partial charge < -0.3 is 0 Å². The molecule has 0 unspecified atom stereocenters. The molecule has 1 N–H and O–H groups in total. The predicted molar refractivity (Wildman–Crippen MR) is 122 cm³/mol. The average Bonchev–Trinajstić information content (AvgIpc) is 3.24. The zero-order valence-electron chi connectivity index (χ0n) is 16.5. The van der Waals surface area contributed by atoms with Crippen LogP contribution >= 0.6 is 23.4 Å². The van der Waals surface area contributed by atoms with Gasteiger partial charge in [-0.05, 0) is 54.1 Å². The zero-order valence-corrected chi connectivity index (χ0v) is 18.1. The van der Waals surface area contributed by atoms with Crippen molar-refractivity contribution in [2.45, 2.75) is 5.16 Å². The molecule has 2 aromatic carbocycles. The van der Waals surface area contributed by atoms with E-state index in [-0.39, 0.29) is 17.5 Å². The second-order valence-corrected chi connectivity index (χ2v) is 7.87. The zero-order chi connectivity index (χ0) is 22.3. The quantitative estimate of drug-likeness (QED) is 0.248. The highest BCUT2D eigenvalue weighted by Crippen LogP contribution is 2.28. The van der Waals surface area contributed by atoms with E-state index in [1.54, 1.807) is 36.7 Å². The minimum atomic E-state index is -0.335. The van der Waals surface area contributed by atoms with Crippen LogP contribution < -0.4 is 5.43 Å². The summed E-state index contributed by atoms with van der Waals surface area (Å²) in [5.74, 6) is 0.0398. The maximum absolute atomic E-state index is 12.9. The minimum Gasteiger partial charge on any atom is -0.272 e. The van der Waals surface area contributed by atoms with Gasteiger partial charge in [-0.2, -0.15) is 5.10 Å². The Hall–Kier alpha value is -3.56. The van der Waals surface area contributed by atoms with Crippen LogP contribution in [0.4, 0.5) is 4.39 Å². The lowest BCUT2D eigenvalue weighted by atomic mass is 10.2. The van der Waals surface area contributed by atoms with Crippen LogP contribution in [0, 0.1) is 5.82 Å². The third kappa shape index (κ3) is 5.37. The van der Waals surface area contributed by atoms with Crippen molar-refractivity contribution in [3.63, 3.8) is 0 Å². The summed E-state index contributed by atoms with van der Waals surface area (Å²) in [5, 5.41) is 13.6. The molecule has 0 spiro atoms. The molecule has 0 aliphatic rings. The number of halogens is 2. The summed E-state index contributed by atoms with van der Waals surface area (Å²) in [4.78, 5) is 16.3. The van der Waals surface area contributed by atoms with E-state index in [1.807, 2.05) is 28.8 Å². The first-order chi connectivity index (χ1) is 15.6. The Morgan fingerprint density at radius 1 is 1.06 bits per heavy atom. The predicted octanol–water partition coefficient (Wildman–Crippen LogP) is 4.36. The summed E-state index contributed by atoms with van der Waals surface area (Å²) < 4.78 is 14.8. The maximum atomic E-state index is 12.9. The van der Waals surface area contributed by atoms with Gasteiger partial charge in [-0.1, -0.05) is 35.5 Å². The number of amides is 1. The molecule has 32 heavy (non-hydrogen) atoms. The summed E-state index contributed by atoms with van der Waals surface area (Å²) in [6.45, 7) is 0. The third-order valence-electron chi connectivity index (χ3n) is 4.26. The molecule has 2 aromatic heterocycles. The van der Waals surface area contributed by atoms with Gasteiger partial charge in [0.2, 0.25) is 0 Å². The summed E-state index contributed by atoms with van der Waals surface area (Å²) in [6.07, 6.45) is 4.80. The SMILES string of the molecule is O=C(CSc1nnc(-c2ccncc2)n1-c1ccc(Cl)cc1)NN=Cc1ccc(F)cc1. The molecule has 0 fully saturated rings. The van der Waals surface area contributed by atoms with E-state index in [9.17, 15) is 9.18 Å². The standard InChI is InChI=1S/C22H16ClFN6OS/c23-17-3-7-19(8-4-17)30-21(16-9-11-25-12-10-16)28-29-22(30)32-14-20(31)27-26-13-15-1-5-18(24)6-2-15/h1-13H,14H2,(H,27,31). The van der Waals surface area contributed by atoms with Crippen LogP contribution in [-0.4, -0.2) is 37.6 Å². The van der Waals surface area contributed by atoms with Gasteiger partial charge in [0, 0.05) is 28.7 Å². The number of thioether (sulfide) groups is 1. The summed E-state index contributed by atoms with van der Waals surface area (Å²) in [5.41, 5.74) is 4.77. The lowest BCUT2D eigenvalue weighted by Gasteiger charge is -2.10. The molecule has 7 nitrogen and oxygen atoms in total. The Morgan fingerprint density at radius 2 is 1.78 bits per heavy atom. The molecule has 2 heterocycles. The maximum Gasteiger partial charge on any atom is 0.250 e. The van der Waals surface area contributed by atoms with Crippen LogP contribution in [0.25, 0.3) is 17.1 Å². The van der Waals surface area contributed by atoms with Crippen LogP contribution in [-0.2, 0) is 4.79 Å². The Bertz CT molecular complexity index is 1230. The van der Waals surface area contributed by atoms with Crippen molar-refractivity contribution in [1.82, 2.24) is 25.2 Å². The van der Waals surface area contributed by atoms with Gasteiger partial charge in [0.15, 0.2) is 11.0 Å². The molecular formula is C22H16ClFN6OS. The fraction of sp³-hybridized carbons (Fsp3) is 0.0455. The first kappa shape index (κ1) is 21.7.